The van der Waals surface area contributed by atoms with Crippen molar-refractivity contribution in [1.82, 2.24) is 4.98 Å². The van der Waals surface area contributed by atoms with Crippen molar-refractivity contribution in [3.63, 3.8) is 0 Å². The maximum Gasteiger partial charge on any atom is 0.255 e. The molecule has 4 aromatic rings. The highest BCUT2D eigenvalue weighted by molar-refractivity contribution is 6.30. The van der Waals surface area contributed by atoms with Gasteiger partial charge in [-0.1, -0.05) is 37.6 Å². The minimum absolute atomic E-state index is 0.195. The maximum atomic E-state index is 12.6. The average Bonchev–Trinajstić information content (AvgIpc) is 3.15. The molecule has 1 aromatic heterocycles. The van der Waals surface area contributed by atoms with Crippen molar-refractivity contribution in [2.24, 2.45) is 5.92 Å². The standard InChI is InChI=1S/C25H23ClN2O3/c1-16(2)15-30-21-10-5-18(6-11-21)25(29)27-20-9-12-23-22(14-20)28-24(31-23)13-17-3-7-19(26)8-4-17/h3-12,14,16H,13,15H2,1-2H3,(H,27,29). The zero-order valence-corrected chi connectivity index (χ0v) is 18.1. The summed E-state index contributed by atoms with van der Waals surface area (Å²) in [5.41, 5.74) is 3.64. The highest BCUT2D eigenvalue weighted by Crippen LogP contribution is 2.23. The molecule has 0 unspecified atom stereocenters. The summed E-state index contributed by atoms with van der Waals surface area (Å²) in [5, 5.41) is 3.60. The summed E-state index contributed by atoms with van der Waals surface area (Å²) in [5.74, 6) is 1.61. The first-order valence-electron chi connectivity index (χ1n) is 10.1. The van der Waals surface area contributed by atoms with E-state index in [9.17, 15) is 4.79 Å². The van der Waals surface area contributed by atoms with Crippen LogP contribution >= 0.6 is 11.6 Å². The molecule has 0 radical (unpaired) electrons. The van der Waals surface area contributed by atoms with Crippen LogP contribution in [0.4, 0.5) is 5.69 Å². The van der Waals surface area contributed by atoms with Gasteiger partial charge in [-0.15, -0.1) is 0 Å². The van der Waals surface area contributed by atoms with Crippen LogP contribution in [0.3, 0.4) is 0 Å². The summed E-state index contributed by atoms with van der Waals surface area (Å²) in [6.45, 7) is 4.82. The van der Waals surface area contributed by atoms with Crippen LogP contribution in [0.5, 0.6) is 5.75 Å². The molecule has 1 N–H and O–H groups in total. The Morgan fingerprint density at radius 1 is 1.06 bits per heavy atom. The SMILES string of the molecule is CC(C)COc1ccc(C(=O)Nc2ccc3oc(Cc4ccc(Cl)cc4)nc3c2)cc1. The molecule has 0 bridgehead atoms. The van der Waals surface area contributed by atoms with Gasteiger partial charge in [0.1, 0.15) is 11.3 Å². The van der Waals surface area contributed by atoms with Crippen LogP contribution in [0.1, 0.15) is 35.7 Å². The third-order valence-corrected chi connectivity index (χ3v) is 4.91. The van der Waals surface area contributed by atoms with Gasteiger partial charge < -0.3 is 14.5 Å². The minimum Gasteiger partial charge on any atom is -0.493 e. The van der Waals surface area contributed by atoms with E-state index in [-0.39, 0.29) is 5.91 Å². The Morgan fingerprint density at radius 2 is 1.81 bits per heavy atom. The number of halogens is 1. The van der Waals surface area contributed by atoms with E-state index >= 15 is 0 Å². The first-order valence-corrected chi connectivity index (χ1v) is 10.5. The van der Waals surface area contributed by atoms with Gasteiger partial charge in [-0.3, -0.25) is 4.79 Å². The van der Waals surface area contributed by atoms with E-state index in [2.05, 4.69) is 24.1 Å². The monoisotopic (exact) mass is 434 g/mol. The molecule has 4 rings (SSSR count). The number of hydrogen-bond donors (Lipinski definition) is 1. The Hall–Kier alpha value is -3.31. The van der Waals surface area contributed by atoms with Gasteiger partial charge in [0, 0.05) is 22.7 Å². The number of carbonyl (C=O) groups is 1. The molecular formula is C25H23ClN2O3. The topological polar surface area (TPSA) is 64.4 Å². The number of ether oxygens (including phenoxy) is 1. The van der Waals surface area contributed by atoms with Gasteiger partial charge in [0.2, 0.25) is 0 Å². The quantitative estimate of drug-likeness (QED) is 0.367. The minimum atomic E-state index is -0.195. The van der Waals surface area contributed by atoms with Crippen molar-refractivity contribution < 1.29 is 13.9 Å². The van der Waals surface area contributed by atoms with E-state index in [0.717, 1.165) is 11.3 Å². The van der Waals surface area contributed by atoms with Crippen LogP contribution in [0.25, 0.3) is 11.1 Å². The van der Waals surface area contributed by atoms with Crippen LogP contribution in [-0.2, 0) is 6.42 Å². The Kier molecular flexibility index (Phi) is 6.23. The second-order valence-electron chi connectivity index (χ2n) is 7.78. The van der Waals surface area contributed by atoms with Crippen molar-refractivity contribution in [1.29, 1.82) is 0 Å². The van der Waals surface area contributed by atoms with Crippen molar-refractivity contribution in [3.05, 3.63) is 88.8 Å². The summed E-state index contributed by atoms with van der Waals surface area (Å²) in [4.78, 5) is 17.1. The molecule has 0 saturated heterocycles. The lowest BCUT2D eigenvalue weighted by atomic mass is 10.1. The summed E-state index contributed by atoms with van der Waals surface area (Å²) in [6.07, 6.45) is 0.568. The average molecular weight is 435 g/mol. The molecule has 0 atom stereocenters. The molecule has 0 spiro atoms. The summed E-state index contributed by atoms with van der Waals surface area (Å²) in [6, 6.07) is 20.1. The predicted molar refractivity (Wildman–Crippen MR) is 123 cm³/mol. The third kappa shape index (κ3) is 5.44. The molecule has 0 aliphatic rings. The number of benzene rings is 3. The normalized spacial score (nSPS) is 11.1. The molecule has 158 valence electrons. The highest BCUT2D eigenvalue weighted by atomic mass is 35.5. The summed E-state index contributed by atoms with van der Waals surface area (Å²) >= 11 is 5.94. The molecule has 1 amide bonds. The largest absolute Gasteiger partial charge is 0.493 e. The van der Waals surface area contributed by atoms with Gasteiger partial charge in [-0.05, 0) is 66.1 Å². The fourth-order valence-electron chi connectivity index (χ4n) is 3.07. The summed E-state index contributed by atoms with van der Waals surface area (Å²) < 4.78 is 11.5. The molecule has 0 saturated carbocycles. The molecule has 5 nitrogen and oxygen atoms in total. The smallest absolute Gasteiger partial charge is 0.255 e. The number of carbonyl (C=O) groups excluding carboxylic acids is 1. The lowest BCUT2D eigenvalue weighted by Crippen LogP contribution is -2.12. The number of amides is 1. The van der Waals surface area contributed by atoms with Crippen LogP contribution in [-0.4, -0.2) is 17.5 Å². The van der Waals surface area contributed by atoms with E-state index < -0.39 is 0 Å². The maximum absolute atomic E-state index is 12.6. The van der Waals surface area contributed by atoms with Gasteiger partial charge >= 0.3 is 0 Å². The Morgan fingerprint density at radius 3 is 2.52 bits per heavy atom. The third-order valence-electron chi connectivity index (χ3n) is 4.66. The van der Waals surface area contributed by atoms with Crippen molar-refractivity contribution in [2.45, 2.75) is 20.3 Å². The zero-order chi connectivity index (χ0) is 21.8. The second-order valence-corrected chi connectivity index (χ2v) is 8.21. The van der Waals surface area contributed by atoms with Gasteiger partial charge in [0.15, 0.2) is 11.5 Å². The lowest BCUT2D eigenvalue weighted by Gasteiger charge is -2.09. The first-order chi connectivity index (χ1) is 15.0. The van der Waals surface area contributed by atoms with Crippen LogP contribution < -0.4 is 10.1 Å². The molecule has 0 fully saturated rings. The lowest BCUT2D eigenvalue weighted by molar-refractivity contribution is 0.102. The number of anilines is 1. The molecule has 0 aliphatic heterocycles. The number of rotatable bonds is 7. The number of fused-ring (bicyclic) bond motifs is 1. The molecular weight excluding hydrogens is 412 g/mol. The second kappa shape index (κ2) is 9.23. The Bertz CT molecular complexity index is 1180. The zero-order valence-electron chi connectivity index (χ0n) is 17.4. The molecule has 3 aromatic carbocycles. The number of oxazole rings is 1. The fourth-order valence-corrected chi connectivity index (χ4v) is 3.20. The van der Waals surface area contributed by atoms with E-state index in [1.165, 1.54) is 0 Å². The number of nitrogens with zero attached hydrogens (tertiary/aromatic N) is 1. The predicted octanol–water partition coefficient (Wildman–Crippen LogP) is 6.36. The summed E-state index contributed by atoms with van der Waals surface area (Å²) in [7, 11) is 0. The van der Waals surface area contributed by atoms with Crippen molar-refractivity contribution in [3.8, 4) is 5.75 Å². The van der Waals surface area contributed by atoms with Gasteiger partial charge in [0.25, 0.3) is 5.91 Å². The van der Waals surface area contributed by atoms with Crippen LogP contribution in [0, 0.1) is 5.92 Å². The van der Waals surface area contributed by atoms with Crippen LogP contribution in [0.2, 0.25) is 5.02 Å². The van der Waals surface area contributed by atoms with Gasteiger partial charge in [-0.2, -0.15) is 0 Å². The van der Waals surface area contributed by atoms with Gasteiger partial charge in [-0.25, -0.2) is 4.98 Å². The van der Waals surface area contributed by atoms with E-state index in [4.69, 9.17) is 20.8 Å². The number of hydrogen-bond acceptors (Lipinski definition) is 4. The number of aromatic nitrogens is 1. The van der Waals surface area contributed by atoms with Gasteiger partial charge in [0.05, 0.1) is 6.61 Å². The first kappa shape index (κ1) is 20.9. The molecule has 1 heterocycles. The van der Waals surface area contributed by atoms with E-state index in [1.54, 1.807) is 30.3 Å². The van der Waals surface area contributed by atoms with Crippen molar-refractivity contribution >= 4 is 34.3 Å². The van der Waals surface area contributed by atoms with Crippen molar-refractivity contribution in [2.75, 3.05) is 11.9 Å². The molecule has 6 heteroatoms. The molecule has 0 aliphatic carbocycles. The highest BCUT2D eigenvalue weighted by Gasteiger charge is 2.11. The molecule has 31 heavy (non-hydrogen) atoms. The Labute approximate surface area is 186 Å². The Balaban J connectivity index is 1.43. The van der Waals surface area contributed by atoms with E-state index in [0.29, 0.717) is 52.2 Å². The number of nitrogens with one attached hydrogen (secondary N) is 1. The van der Waals surface area contributed by atoms with E-state index in [1.807, 2.05) is 36.4 Å². The van der Waals surface area contributed by atoms with Crippen LogP contribution in [0.15, 0.2) is 71.1 Å². The fraction of sp³-hybridized carbons (Fsp3) is 0.200.